The topological polar surface area (TPSA) is 46.8 Å². The minimum atomic E-state index is 0.837. The van der Waals surface area contributed by atoms with Crippen molar-refractivity contribution in [1.29, 1.82) is 0 Å². The molecule has 74 valence electrons. The minimum absolute atomic E-state index is 0.837. The van der Waals surface area contributed by atoms with Gasteiger partial charge in [-0.05, 0) is 23.8 Å². The quantitative estimate of drug-likeness (QED) is 0.724. The van der Waals surface area contributed by atoms with Crippen LogP contribution in [0.1, 0.15) is 13.3 Å². The van der Waals surface area contributed by atoms with Crippen LogP contribution in [0.5, 0.6) is 0 Å². The maximum absolute atomic E-state index is 3.95. The normalized spacial score (nSPS) is 10.4. The first-order valence-corrected chi connectivity index (χ1v) is 5.45. The maximum atomic E-state index is 3.95. The van der Waals surface area contributed by atoms with Crippen molar-refractivity contribution in [3.8, 4) is 0 Å². The van der Waals surface area contributed by atoms with Crippen molar-refractivity contribution in [1.82, 2.24) is 20.2 Å². The van der Waals surface area contributed by atoms with Crippen LogP contribution < -0.4 is 4.90 Å². The van der Waals surface area contributed by atoms with Gasteiger partial charge in [-0.15, -0.1) is 0 Å². The molecule has 1 rings (SSSR count). The second-order valence-corrected chi connectivity index (χ2v) is 3.52. The Labute approximate surface area is 86.2 Å². The predicted octanol–water partition coefficient (Wildman–Crippen LogP) is 0.821. The second kappa shape index (κ2) is 5.16. The molecule has 0 fully saturated rings. The average Bonchev–Trinajstić information content (AvgIpc) is 2.54. The Kier molecular flexibility index (Phi) is 4.14. The van der Waals surface area contributed by atoms with Crippen molar-refractivity contribution < 1.29 is 0 Å². The number of aryl methyl sites for hydroxylation is 1. The van der Waals surface area contributed by atoms with E-state index in [2.05, 4.69) is 43.3 Å². The van der Waals surface area contributed by atoms with Crippen molar-refractivity contribution in [2.45, 2.75) is 13.3 Å². The number of tetrazole rings is 1. The van der Waals surface area contributed by atoms with Gasteiger partial charge >= 0.3 is 0 Å². The van der Waals surface area contributed by atoms with Crippen molar-refractivity contribution in [3.63, 3.8) is 0 Å². The molecule has 0 aliphatic rings. The smallest absolute Gasteiger partial charge is 0.245 e. The van der Waals surface area contributed by atoms with Gasteiger partial charge in [0, 0.05) is 25.5 Å². The third-order valence-electron chi connectivity index (χ3n) is 1.82. The van der Waals surface area contributed by atoms with E-state index in [-0.39, 0.29) is 0 Å². The van der Waals surface area contributed by atoms with Crippen LogP contribution in [-0.4, -0.2) is 38.6 Å². The minimum Gasteiger partial charge on any atom is -0.340 e. The summed E-state index contributed by atoms with van der Waals surface area (Å²) in [6.45, 7) is 4.01. The van der Waals surface area contributed by atoms with Crippen LogP contribution >= 0.6 is 15.9 Å². The number of aromatic nitrogens is 4. The number of halogens is 1. The fraction of sp³-hybridized carbons (Fsp3) is 0.857. The summed E-state index contributed by atoms with van der Waals surface area (Å²) in [6, 6.07) is 0. The number of hydrogen-bond donors (Lipinski definition) is 0. The highest BCUT2D eigenvalue weighted by molar-refractivity contribution is 9.09. The van der Waals surface area contributed by atoms with E-state index in [1.807, 2.05) is 7.05 Å². The van der Waals surface area contributed by atoms with Gasteiger partial charge in [-0.25, -0.2) is 4.68 Å². The molecule has 0 amide bonds. The Morgan fingerprint density at radius 3 is 2.77 bits per heavy atom. The van der Waals surface area contributed by atoms with E-state index in [1.165, 1.54) is 0 Å². The van der Waals surface area contributed by atoms with E-state index >= 15 is 0 Å². The van der Waals surface area contributed by atoms with Crippen LogP contribution in [0.2, 0.25) is 0 Å². The van der Waals surface area contributed by atoms with Gasteiger partial charge in [-0.1, -0.05) is 21.0 Å². The molecule has 0 saturated heterocycles. The van der Waals surface area contributed by atoms with Gasteiger partial charge < -0.3 is 4.90 Å². The summed E-state index contributed by atoms with van der Waals surface area (Å²) in [5, 5.41) is 12.4. The summed E-state index contributed by atoms with van der Waals surface area (Å²) in [5.41, 5.74) is 0. The standard InChI is InChI=1S/C7H14BrN5/c1-3-13(6-4-5-8)7-9-10-11-12(7)2/h3-6H2,1-2H3. The van der Waals surface area contributed by atoms with Crippen LogP contribution in [0.25, 0.3) is 0 Å². The molecule has 5 nitrogen and oxygen atoms in total. The fourth-order valence-corrected chi connectivity index (χ4v) is 1.39. The Morgan fingerprint density at radius 1 is 1.54 bits per heavy atom. The first-order chi connectivity index (χ1) is 6.29. The van der Waals surface area contributed by atoms with Crippen LogP contribution in [0.15, 0.2) is 0 Å². The molecule has 0 N–H and O–H groups in total. The lowest BCUT2D eigenvalue weighted by atomic mass is 10.4. The summed E-state index contributed by atoms with van der Waals surface area (Å²) >= 11 is 3.40. The molecule has 0 aliphatic heterocycles. The van der Waals surface area contributed by atoms with Crippen molar-refractivity contribution in [2.75, 3.05) is 23.3 Å². The van der Waals surface area contributed by atoms with Crippen LogP contribution in [0, 0.1) is 0 Å². The van der Waals surface area contributed by atoms with E-state index in [0.717, 1.165) is 30.8 Å². The van der Waals surface area contributed by atoms with Crippen molar-refractivity contribution >= 4 is 21.9 Å². The highest BCUT2D eigenvalue weighted by atomic mass is 79.9. The zero-order valence-corrected chi connectivity index (χ0v) is 9.53. The first-order valence-electron chi connectivity index (χ1n) is 4.32. The first kappa shape index (κ1) is 10.4. The SMILES string of the molecule is CCN(CCCBr)c1nnnn1C. The van der Waals surface area contributed by atoms with Crippen molar-refractivity contribution in [2.24, 2.45) is 7.05 Å². The monoisotopic (exact) mass is 247 g/mol. The molecular formula is C7H14BrN5. The maximum Gasteiger partial charge on any atom is 0.245 e. The van der Waals surface area contributed by atoms with Gasteiger partial charge in [0.25, 0.3) is 0 Å². The van der Waals surface area contributed by atoms with Gasteiger partial charge in [-0.2, -0.15) is 0 Å². The van der Waals surface area contributed by atoms with Gasteiger partial charge in [0.15, 0.2) is 0 Å². The molecule has 0 unspecified atom stereocenters. The molecule has 13 heavy (non-hydrogen) atoms. The van der Waals surface area contributed by atoms with E-state index in [1.54, 1.807) is 4.68 Å². The predicted molar refractivity (Wildman–Crippen MR) is 55.1 cm³/mol. The summed E-state index contributed by atoms with van der Waals surface area (Å²) in [6.07, 6.45) is 1.10. The van der Waals surface area contributed by atoms with Crippen LogP contribution in [-0.2, 0) is 7.05 Å². The molecule has 1 aromatic heterocycles. The van der Waals surface area contributed by atoms with Gasteiger partial charge in [-0.3, -0.25) is 0 Å². The Balaban J connectivity index is 2.61. The molecule has 0 atom stereocenters. The second-order valence-electron chi connectivity index (χ2n) is 2.72. The average molecular weight is 248 g/mol. The Bertz CT molecular complexity index is 249. The molecule has 0 aromatic carbocycles. The summed E-state index contributed by atoms with van der Waals surface area (Å²) in [7, 11) is 1.85. The number of hydrogen-bond acceptors (Lipinski definition) is 4. The molecule has 1 heterocycles. The van der Waals surface area contributed by atoms with E-state index in [9.17, 15) is 0 Å². The van der Waals surface area contributed by atoms with Crippen LogP contribution in [0.4, 0.5) is 5.95 Å². The summed E-state index contributed by atoms with van der Waals surface area (Å²) in [5.74, 6) is 0.837. The summed E-state index contributed by atoms with van der Waals surface area (Å²) in [4.78, 5) is 2.15. The Hall–Kier alpha value is -0.650. The lowest BCUT2D eigenvalue weighted by Gasteiger charge is -2.19. The number of nitrogens with zero attached hydrogens (tertiary/aromatic N) is 5. The van der Waals surface area contributed by atoms with Gasteiger partial charge in [0.1, 0.15) is 0 Å². The Morgan fingerprint density at radius 2 is 2.31 bits per heavy atom. The molecule has 0 radical (unpaired) electrons. The largest absolute Gasteiger partial charge is 0.340 e. The molecule has 0 saturated carbocycles. The lowest BCUT2D eigenvalue weighted by molar-refractivity contribution is 0.680. The molecular weight excluding hydrogens is 234 g/mol. The fourth-order valence-electron chi connectivity index (χ4n) is 1.14. The lowest BCUT2D eigenvalue weighted by Crippen LogP contribution is -2.27. The molecule has 0 spiro atoms. The number of rotatable bonds is 5. The third-order valence-corrected chi connectivity index (χ3v) is 2.38. The van der Waals surface area contributed by atoms with Gasteiger partial charge in [0.05, 0.1) is 0 Å². The van der Waals surface area contributed by atoms with E-state index in [0.29, 0.717) is 0 Å². The zero-order valence-electron chi connectivity index (χ0n) is 7.94. The van der Waals surface area contributed by atoms with E-state index in [4.69, 9.17) is 0 Å². The highest BCUT2D eigenvalue weighted by Crippen LogP contribution is 2.06. The third kappa shape index (κ3) is 2.65. The van der Waals surface area contributed by atoms with Crippen LogP contribution in [0.3, 0.4) is 0 Å². The summed E-state index contributed by atoms with van der Waals surface area (Å²) < 4.78 is 1.69. The van der Waals surface area contributed by atoms with Crippen molar-refractivity contribution in [3.05, 3.63) is 0 Å². The molecule has 0 aliphatic carbocycles. The molecule has 6 heteroatoms. The molecule has 0 bridgehead atoms. The van der Waals surface area contributed by atoms with E-state index < -0.39 is 0 Å². The van der Waals surface area contributed by atoms with Gasteiger partial charge in [0.2, 0.25) is 5.95 Å². The molecule has 1 aromatic rings. The zero-order chi connectivity index (χ0) is 9.68. The number of alkyl halides is 1. The highest BCUT2D eigenvalue weighted by Gasteiger charge is 2.09. The number of anilines is 1.